The van der Waals surface area contributed by atoms with Crippen LogP contribution in [-0.4, -0.2) is 59.3 Å². The first-order valence-electron chi connectivity index (χ1n) is 13.6. The Morgan fingerprint density at radius 3 is 2.59 bits per heavy atom. The average Bonchev–Trinajstić information content (AvgIpc) is 3.61. The first-order valence-corrected chi connectivity index (χ1v) is 13.6. The first kappa shape index (κ1) is 25.2. The molecule has 0 aliphatic carbocycles. The molecular weight excluding hydrogens is 464 g/mol. The van der Waals surface area contributed by atoms with E-state index in [0.29, 0.717) is 24.4 Å². The van der Waals surface area contributed by atoms with Gasteiger partial charge in [0.1, 0.15) is 17.7 Å². The van der Waals surface area contributed by atoms with Gasteiger partial charge in [-0.05, 0) is 64.2 Å². The Morgan fingerprint density at radius 2 is 1.92 bits per heavy atom. The van der Waals surface area contributed by atoms with Gasteiger partial charge in [0.2, 0.25) is 0 Å². The van der Waals surface area contributed by atoms with Crippen molar-refractivity contribution in [3.63, 3.8) is 0 Å². The lowest BCUT2D eigenvalue weighted by Gasteiger charge is -2.32. The van der Waals surface area contributed by atoms with Crippen molar-refractivity contribution in [1.82, 2.24) is 14.6 Å². The van der Waals surface area contributed by atoms with Gasteiger partial charge in [-0.2, -0.15) is 10.4 Å². The highest BCUT2D eigenvalue weighted by molar-refractivity contribution is 5.86. The number of hydrogen-bond acceptors (Lipinski definition) is 7. The third-order valence-electron chi connectivity index (χ3n) is 7.54. The number of carbonyl (C=O) groups excluding carboxylic acids is 1. The van der Waals surface area contributed by atoms with Crippen LogP contribution in [0, 0.1) is 17.2 Å². The summed E-state index contributed by atoms with van der Waals surface area (Å²) >= 11 is 0. The fourth-order valence-corrected chi connectivity index (χ4v) is 5.49. The summed E-state index contributed by atoms with van der Waals surface area (Å²) in [6.07, 6.45) is 11.3. The summed E-state index contributed by atoms with van der Waals surface area (Å²) in [5, 5.41) is 14.1. The van der Waals surface area contributed by atoms with Gasteiger partial charge in [-0.15, -0.1) is 0 Å². The molecule has 2 saturated heterocycles. The molecule has 3 aromatic rings. The molecule has 2 fully saturated rings. The molecule has 0 bridgehead atoms. The van der Waals surface area contributed by atoms with Crippen molar-refractivity contribution in [2.45, 2.75) is 58.5 Å². The number of Topliss-reactive ketones (excluding diaryl/α,β-unsaturated/α-hetero) is 1. The van der Waals surface area contributed by atoms with Crippen LogP contribution in [0.4, 0.5) is 11.5 Å². The molecule has 5 heterocycles. The number of anilines is 2. The fraction of sp³-hybridized carbons (Fsp3) is 0.517. The van der Waals surface area contributed by atoms with E-state index in [2.05, 4.69) is 39.2 Å². The highest BCUT2D eigenvalue weighted by Crippen LogP contribution is 2.33. The third kappa shape index (κ3) is 5.62. The first-order chi connectivity index (χ1) is 18.0. The van der Waals surface area contributed by atoms with E-state index >= 15 is 0 Å². The summed E-state index contributed by atoms with van der Waals surface area (Å²) in [6.45, 7) is 8.44. The topological polar surface area (TPSA) is 86.8 Å². The third-order valence-corrected chi connectivity index (χ3v) is 7.54. The number of pyridine rings is 2. The zero-order valence-corrected chi connectivity index (χ0v) is 21.9. The largest absolute Gasteiger partial charge is 0.379 e. The number of hydrogen-bond donors (Lipinski definition) is 0. The molecule has 5 rings (SSSR count). The molecule has 2 aliphatic heterocycles. The molecule has 8 heteroatoms. The molecule has 8 nitrogen and oxygen atoms in total. The number of fused-ring (bicyclic) bond motifs is 1. The lowest BCUT2D eigenvalue weighted by molar-refractivity contribution is -0.123. The number of piperidine rings is 1. The van der Waals surface area contributed by atoms with Gasteiger partial charge >= 0.3 is 0 Å². The summed E-state index contributed by atoms with van der Waals surface area (Å²) in [7, 11) is 0. The van der Waals surface area contributed by atoms with E-state index in [1.54, 1.807) is 6.20 Å². The molecule has 37 heavy (non-hydrogen) atoms. The Morgan fingerprint density at radius 1 is 1.14 bits per heavy atom. The van der Waals surface area contributed by atoms with Crippen molar-refractivity contribution in [3.05, 3.63) is 42.4 Å². The summed E-state index contributed by atoms with van der Waals surface area (Å²) in [6, 6.07) is 8.60. The molecule has 3 aromatic heterocycles. The zero-order valence-electron chi connectivity index (χ0n) is 21.9. The van der Waals surface area contributed by atoms with Crippen molar-refractivity contribution in [2.75, 3.05) is 42.6 Å². The molecule has 194 valence electrons. The van der Waals surface area contributed by atoms with Crippen LogP contribution >= 0.6 is 0 Å². The number of carbonyl (C=O) groups is 1. The highest BCUT2D eigenvalue weighted by Gasteiger charge is 2.25. The van der Waals surface area contributed by atoms with Crippen LogP contribution in [0.5, 0.6) is 0 Å². The lowest BCUT2D eigenvalue weighted by atomic mass is 9.90. The van der Waals surface area contributed by atoms with Crippen molar-refractivity contribution in [1.29, 1.82) is 5.26 Å². The number of rotatable bonds is 9. The lowest BCUT2D eigenvalue weighted by Crippen LogP contribution is -2.36. The molecule has 0 unspecified atom stereocenters. The van der Waals surface area contributed by atoms with Gasteiger partial charge < -0.3 is 14.5 Å². The van der Waals surface area contributed by atoms with E-state index in [-0.39, 0.29) is 12.0 Å². The van der Waals surface area contributed by atoms with Crippen LogP contribution in [0.25, 0.3) is 16.6 Å². The molecular formula is C29H36N6O2. The monoisotopic (exact) mass is 500 g/mol. The second-order valence-corrected chi connectivity index (χ2v) is 10.4. The van der Waals surface area contributed by atoms with E-state index in [9.17, 15) is 10.1 Å². The van der Waals surface area contributed by atoms with E-state index in [1.807, 2.05) is 30.8 Å². The molecule has 0 radical (unpaired) electrons. The van der Waals surface area contributed by atoms with Crippen LogP contribution in [0.3, 0.4) is 0 Å². The molecule has 0 spiro atoms. The zero-order chi connectivity index (χ0) is 25.8. The van der Waals surface area contributed by atoms with Gasteiger partial charge in [0.15, 0.2) is 0 Å². The normalized spacial score (nSPS) is 16.6. The molecule has 0 atom stereocenters. The van der Waals surface area contributed by atoms with Crippen LogP contribution in [-0.2, 0) is 9.53 Å². The second-order valence-electron chi connectivity index (χ2n) is 10.4. The minimum absolute atomic E-state index is 0.141. The maximum Gasteiger partial charge on any atom is 0.136 e. The predicted octanol–water partition coefficient (Wildman–Crippen LogP) is 4.86. The molecule has 0 amide bonds. The maximum atomic E-state index is 12.6. The smallest absolute Gasteiger partial charge is 0.136 e. The average molecular weight is 501 g/mol. The number of nitrogens with zero attached hydrogens (tertiary/aromatic N) is 6. The van der Waals surface area contributed by atoms with Gasteiger partial charge in [-0.1, -0.05) is 0 Å². The number of nitriles is 1. The Labute approximate surface area is 218 Å². The number of ketones is 1. The highest BCUT2D eigenvalue weighted by atomic mass is 16.5. The van der Waals surface area contributed by atoms with Crippen LogP contribution in [0.1, 0.15) is 57.9 Å². The van der Waals surface area contributed by atoms with Crippen molar-refractivity contribution in [3.8, 4) is 17.2 Å². The van der Waals surface area contributed by atoms with Crippen molar-refractivity contribution in [2.24, 2.45) is 5.92 Å². The van der Waals surface area contributed by atoms with Gasteiger partial charge in [-0.25, -0.2) is 9.50 Å². The molecule has 0 N–H and O–H groups in total. The summed E-state index contributed by atoms with van der Waals surface area (Å²) < 4.78 is 7.39. The van der Waals surface area contributed by atoms with Gasteiger partial charge in [-0.3, -0.25) is 4.79 Å². The fourth-order valence-electron chi connectivity index (χ4n) is 5.49. The summed E-state index contributed by atoms with van der Waals surface area (Å²) in [4.78, 5) is 22.1. The Hall–Kier alpha value is -3.44. The molecule has 0 saturated carbocycles. The Bertz CT molecular complexity index is 1260. The van der Waals surface area contributed by atoms with Crippen molar-refractivity contribution >= 4 is 22.8 Å². The SMILES string of the molecule is CC(C)OCCCC(=O)C1CCN(c2ccc(-c3cc(N4CCCC4)cn4ncc(C#N)c34)cn2)CC1. The number of aromatic nitrogens is 3. The molecule has 2 aliphatic rings. The van der Waals surface area contributed by atoms with Gasteiger partial charge in [0.25, 0.3) is 0 Å². The summed E-state index contributed by atoms with van der Waals surface area (Å²) in [5.74, 6) is 1.44. The van der Waals surface area contributed by atoms with Gasteiger partial charge in [0.05, 0.1) is 35.3 Å². The van der Waals surface area contributed by atoms with Crippen LogP contribution in [0.15, 0.2) is 36.8 Å². The Balaban J connectivity index is 1.27. The van der Waals surface area contributed by atoms with E-state index in [0.717, 1.165) is 73.6 Å². The van der Waals surface area contributed by atoms with Crippen molar-refractivity contribution < 1.29 is 9.53 Å². The van der Waals surface area contributed by atoms with Crippen LogP contribution in [0.2, 0.25) is 0 Å². The second kappa shape index (κ2) is 11.3. The molecule has 0 aromatic carbocycles. The predicted molar refractivity (Wildman–Crippen MR) is 145 cm³/mol. The quantitative estimate of drug-likeness (QED) is 0.388. The maximum absolute atomic E-state index is 12.6. The van der Waals surface area contributed by atoms with Gasteiger partial charge in [0, 0.05) is 62.4 Å². The summed E-state index contributed by atoms with van der Waals surface area (Å²) in [5.41, 5.74) is 4.45. The standard InChI is InChI=1S/C29H36N6O2/c1-21(2)37-15-5-6-27(36)22-9-13-34(14-10-22)28-8-7-23(18-31-28)26-16-25(33-11-3-4-12-33)20-35-29(26)24(17-30)19-32-35/h7-8,16,18-22H,3-6,9-15H2,1-2H3. The Kier molecular flexibility index (Phi) is 7.71. The van der Waals surface area contributed by atoms with E-state index in [4.69, 9.17) is 9.72 Å². The van der Waals surface area contributed by atoms with E-state index < -0.39 is 0 Å². The minimum Gasteiger partial charge on any atom is -0.379 e. The minimum atomic E-state index is 0.141. The van der Waals surface area contributed by atoms with Crippen LogP contribution < -0.4 is 9.80 Å². The number of ether oxygens (including phenoxy) is 1. The van der Waals surface area contributed by atoms with E-state index in [1.165, 1.54) is 12.8 Å².